The molecule has 2 aromatic carbocycles. The SMILES string of the molecule is CC1=CC=C(c2ccc(C)c(C)c2)CC1(C)c1ccccc1. The Kier molecular flexibility index (Phi) is 3.78. The summed E-state index contributed by atoms with van der Waals surface area (Å²) in [4.78, 5) is 0. The summed E-state index contributed by atoms with van der Waals surface area (Å²) in [5, 5.41) is 0. The predicted octanol–water partition coefficient (Wildman–Crippen LogP) is 5.99. The van der Waals surface area contributed by atoms with Gasteiger partial charge in [-0.05, 0) is 55.0 Å². The second kappa shape index (κ2) is 5.61. The minimum Gasteiger partial charge on any atom is -0.0627 e. The number of allylic oxidation sites excluding steroid dienone is 4. The van der Waals surface area contributed by atoms with Crippen molar-refractivity contribution < 1.29 is 0 Å². The van der Waals surface area contributed by atoms with Gasteiger partial charge >= 0.3 is 0 Å². The van der Waals surface area contributed by atoms with E-state index in [1.807, 2.05) is 0 Å². The highest BCUT2D eigenvalue weighted by Gasteiger charge is 2.31. The quantitative estimate of drug-likeness (QED) is 0.636. The molecule has 112 valence electrons. The topological polar surface area (TPSA) is 0 Å². The van der Waals surface area contributed by atoms with Crippen LogP contribution in [0.25, 0.3) is 5.57 Å². The van der Waals surface area contributed by atoms with E-state index >= 15 is 0 Å². The van der Waals surface area contributed by atoms with Crippen LogP contribution in [0.4, 0.5) is 0 Å². The van der Waals surface area contributed by atoms with Gasteiger partial charge in [-0.2, -0.15) is 0 Å². The first-order valence-corrected chi connectivity index (χ1v) is 8.02. The average molecular weight is 288 g/mol. The smallest absolute Gasteiger partial charge is 0.0174 e. The molecule has 0 N–H and O–H groups in total. The van der Waals surface area contributed by atoms with E-state index in [-0.39, 0.29) is 5.41 Å². The van der Waals surface area contributed by atoms with Crippen molar-refractivity contribution in [2.75, 3.05) is 0 Å². The van der Waals surface area contributed by atoms with Gasteiger partial charge in [-0.1, -0.05) is 73.2 Å². The molecule has 0 saturated heterocycles. The van der Waals surface area contributed by atoms with Crippen LogP contribution in [0.15, 0.2) is 66.3 Å². The summed E-state index contributed by atoms with van der Waals surface area (Å²) in [6, 6.07) is 17.7. The van der Waals surface area contributed by atoms with Crippen molar-refractivity contribution in [2.24, 2.45) is 0 Å². The summed E-state index contributed by atoms with van der Waals surface area (Å²) in [5.41, 5.74) is 8.44. The molecule has 0 heteroatoms. The lowest BCUT2D eigenvalue weighted by Crippen LogP contribution is -2.25. The molecule has 1 unspecified atom stereocenters. The Hall–Kier alpha value is -2.08. The molecule has 1 atom stereocenters. The zero-order chi connectivity index (χ0) is 15.7. The van der Waals surface area contributed by atoms with Crippen LogP contribution in [0.5, 0.6) is 0 Å². The van der Waals surface area contributed by atoms with Gasteiger partial charge < -0.3 is 0 Å². The van der Waals surface area contributed by atoms with Gasteiger partial charge in [0.05, 0.1) is 0 Å². The lowest BCUT2D eigenvalue weighted by atomic mass is 9.68. The number of hydrogen-bond acceptors (Lipinski definition) is 0. The van der Waals surface area contributed by atoms with Crippen molar-refractivity contribution >= 4 is 5.57 Å². The van der Waals surface area contributed by atoms with Crippen molar-refractivity contribution in [3.63, 3.8) is 0 Å². The number of rotatable bonds is 2. The third kappa shape index (κ3) is 2.54. The van der Waals surface area contributed by atoms with Crippen molar-refractivity contribution in [2.45, 2.75) is 39.5 Å². The van der Waals surface area contributed by atoms with Gasteiger partial charge in [-0.15, -0.1) is 0 Å². The van der Waals surface area contributed by atoms with Gasteiger partial charge in [0.25, 0.3) is 0 Å². The summed E-state index contributed by atoms with van der Waals surface area (Å²) in [5.74, 6) is 0. The van der Waals surface area contributed by atoms with E-state index in [1.165, 1.54) is 33.4 Å². The Morgan fingerprint density at radius 2 is 1.55 bits per heavy atom. The molecule has 1 aliphatic rings. The first-order valence-electron chi connectivity index (χ1n) is 8.02. The molecule has 0 aliphatic heterocycles. The molecule has 0 saturated carbocycles. The molecule has 0 heterocycles. The molecule has 22 heavy (non-hydrogen) atoms. The molecule has 0 nitrogen and oxygen atoms in total. The summed E-state index contributed by atoms with van der Waals surface area (Å²) in [7, 11) is 0. The summed E-state index contributed by atoms with van der Waals surface area (Å²) in [6.07, 6.45) is 5.65. The predicted molar refractivity (Wildman–Crippen MR) is 96.1 cm³/mol. The molecule has 2 aromatic rings. The molecule has 0 fully saturated rings. The molecule has 1 aliphatic carbocycles. The first-order chi connectivity index (χ1) is 10.5. The summed E-state index contributed by atoms with van der Waals surface area (Å²) >= 11 is 0. The standard InChI is InChI=1S/C22H24/c1-16-10-12-19(14-17(16)2)20-13-11-18(3)22(4,15-20)21-8-6-5-7-9-21/h5-14H,15H2,1-4H3. The lowest BCUT2D eigenvalue weighted by Gasteiger charge is -2.35. The van der Waals surface area contributed by atoms with E-state index in [9.17, 15) is 0 Å². The fourth-order valence-electron chi connectivity index (χ4n) is 3.26. The Balaban J connectivity index is 2.01. The number of hydrogen-bond donors (Lipinski definition) is 0. The molecule has 0 aromatic heterocycles. The Morgan fingerprint density at radius 3 is 2.23 bits per heavy atom. The monoisotopic (exact) mass is 288 g/mol. The molecule has 0 spiro atoms. The van der Waals surface area contributed by atoms with Crippen LogP contribution in [-0.2, 0) is 5.41 Å². The van der Waals surface area contributed by atoms with Crippen LogP contribution in [-0.4, -0.2) is 0 Å². The minimum absolute atomic E-state index is 0.0874. The fourth-order valence-corrected chi connectivity index (χ4v) is 3.26. The second-order valence-electron chi connectivity index (χ2n) is 6.72. The van der Waals surface area contributed by atoms with Gasteiger partial charge in [0.1, 0.15) is 0 Å². The Bertz CT molecular complexity index is 747. The van der Waals surface area contributed by atoms with E-state index in [0.717, 1.165) is 6.42 Å². The third-order valence-electron chi connectivity index (χ3n) is 5.24. The van der Waals surface area contributed by atoms with Crippen LogP contribution in [0.1, 0.15) is 42.5 Å². The van der Waals surface area contributed by atoms with Gasteiger partial charge in [0.2, 0.25) is 0 Å². The molecule has 0 bridgehead atoms. The highest BCUT2D eigenvalue weighted by Crippen LogP contribution is 2.43. The van der Waals surface area contributed by atoms with Crippen molar-refractivity contribution in [1.29, 1.82) is 0 Å². The van der Waals surface area contributed by atoms with Crippen molar-refractivity contribution in [3.05, 3.63) is 88.5 Å². The molecular weight excluding hydrogens is 264 g/mol. The van der Waals surface area contributed by atoms with E-state index in [1.54, 1.807) is 0 Å². The molecular formula is C22H24. The third-order valence-corrected chi connectivity index (χ3v) is 5.24. The van der Waals surface area contributed by atoms with Crippen molar-refractivity contribution in [3.8, 4) is 0 Å². The van der Waals surface area contributed by atoms with E-state index in [4.69, 9.17) is 0 Å². The number of benzene rings is 2. The highest BCUT2D eigenvalue weighted by atomic mass is 14.3. The summed E-state index contributed by atoms with van der Waals surface area (Å²) in [6.45, 7) is 8.98. The largest absolute Gasteiger partial charge is 0.0627 e. The lowest BCUT2D eigenvalue weighted by molar-refractivity contribution is 0.568. The van der Waals surface area contributed by atoms with Crippen LogP contribution in [0.2, 0.25) is 0 Å². The molecule has 3 rings (SSSR count). The molecule has 0 radical (unpaired) electrons. The Morgan fingerprint density at radius 1 is 0.818 bits per heavy atom. The van der Waals surface area contributed by atoms with Gasteiger partial charge in [0.15, 0.2) is 0 Å². The van der Waals surface area contributed by atoms with Crippen molar-refractivity contribution in [1.82, 2.24) is 0 Å². The normalized spacial score (nSPS) is 21.3. The maximum absolute atomic E-state index is 2.36. The Labute approximate surface area is 134 Å². The zero-order valence-electron chi connectivity index (χ0n) is 14.0. The maximum Gasteiger partial charge on any atom is 0.0174 e. The van der Waals surface area contributed by atoms with Crippen LogP contribution >= 0.6 is 0 Å². The zero-order valence-corrected chi connectivity index (χ0v) is 14.0. The van der Waals surface area contributed by atoms with Crippen LogP contribution in [0.3, 0.4) is 0 Å². The summed E-state index contributed by atoms with van der Waals surface area (Å²) < 4.78 is 0. The van der Waals surface area contributed by atoms with E-state index in [2.05, 4.69) is 88.4 Å². The van der Waals surface area contributed by atoms with Gasteiger partial charge in [0, 0.05) is 5.41 Å². The minimum atomic E-state index is 0.0874. The fraction of sp³-hybridized carbons (Fsp3) is 0.273. The second-order valence-corrected chi connectivity index (χ2v) is 6.72. The van der Waals surface area contributed by atoms with Gasteiger partial charge in [-0.25, -0.2) is 0 Å². The van der Waals surface area contributed by atoms with Crippen LogP contribution in [0, 0.1) is 13.8 Å². The first kappa shape index (κ1) is 14.8. The molecule has 0 amide bonds. The highest BCUT2D eigenvalue weighted by molar-refractivity contribution is 5.72. The number of aryl methyl sites for hydroxylation is 2. The van der Waals surface area contributed by atoms with Crippen LogP contribution < -0.4 is 0 Å². The maximum atomic E-state index is 2.36. The van der Waals surface area contributed by atoms with E-state index in [0.29, 0.717) is 0 Å². The average Bonchev–Trinajstić information content (AvgIpc) is 2.54. The van der Waals surface area contributed by atoms with Gasteiger partial charge in [-0.3, -0.25) is 0 Å². The van der Waals surface area contributed by atoms with E-state index < -0.39 is 0 Å².